The molecular weight excluding hydrogens is 390 g/mol. The van der Waals surface area contributed by atoms with E-state index in [1.54, 1.807) is 10.8 Å². The molecular formula is C20H24ClN7O. The van der Waals surface area contributed by atoms with Gasteiger partial charge in [-0.05, 0) is 55.5 Å². The number of benzene rings is 1. The van der Waals surface area contributed by atoms with Crippen LogP contribution in [-0.2, 0) is 11.2 Å². The van der Waals surface area contributed by atoms with Gasteiger partial charge in [-0.1, -0.05) is 6.07 Å². The molecule has 1 amide bonds. The molecule has 1 aromatic carbocycles. The fraction of sp³-hybridized carbons (Fsp3) is 0.400. The number of nitrogens with two attached hydrogens (primary N) is 1. The minimum Gasteiger partial charge on any atom is -0.398 e. The summed E-state index contributed by atoms with van der Waals surface area (Å²) in [6.07, 6.45) is 5.18. The number of nitrogen functional groups attached to an aromatic ring is 1. The van der Waals surface area contributed by atoms with Gasteiger partial charge in [0, 0.05) is 36.9 Å². The van der Waals surface area contributed by atoms with Crippen molar-refractivity contribution in [1.29, 1.82) is 0 Å². The minimum atomic E-state index is 0. The van der Waals surface area contributed by atoms with Crippen LogP contribution in [0, 0.1) is 5.92 Å². The van der Waals surface area contributed by atoms with Gasteiger partial charge in [0.15, 0.2) is 5.65 Å². The van der Waals surface area contributed by atoms with Crippen LogP contribution in [0.25, 0.3) is 5.65 Å². The van der Waals surface area contributed by atoms with Crippen LogP contribution in [-0.4, -0.2) is 45.4 Å². The Balaban J connectivity index is 0.00000205. The van der Waals surface area contributed by atoms with Gasteiger partial charge in [-0.25, -0.2) is 0 Å². The third kappa shape index (κ3) is 3.48. The zero-order valence-electron chi connectivity index (χ0n) is 16.1. The highest BCUT2D eigenvalue weighted by Crippen LogP contribution is 2.33. The number of amides is 1. The van der Waals surface area contributed by atoms with Crippen LogP contribution in [0.1, 0.15) is 24.8 Å². The summed E-state index contributed by atoms with van der Waals surface area (Å²) in [7, 11) is 0. The number of hydrogen-bond acceptors (Lipinski definition) is 6. The monoisotopic (exact) mass is 413 g/mol. The summed E-state index contributed by atoms with van der Waals surface area (Å²) in [5.74, 6) is 1.17. The lowest BCUT2D eigenvalue weighted by Gasteiger charge is -2.37. The maximum Gasteiger partial charge on any atom is 0.230 e. The van der Waals surface area contributed by atoms with E-state index < -0.39 is 0 Å². The van der Waals surface area contributed by atoms with Crippen molar-refractivity contribution in [2.24, 2.45) is 5.92 Å². The van der Waals surface area contributed by atoms with Gasteiger partial charge in [-0.15, -0.1) is 27.7 Å². The number of hydrogen-bond donors (Lipinski definition) is 1. The minimum absolute atomic E-state index is 0. The SMILES string of the molecule is Cl.Nc1cccc2c1CCCN2C(=O)C1CCN(c2ccc3nncn3n2)CC1. The highest BCUT2D eigenvalue weighted by molar-refractivity contribution is 5.97. The van der Waals surface area contributed by atoms with E-state index in [2.05, 4.69) is 20.2 Å². The van der Waals surface area contributed by atoms with Gasteiger partial charge < -0.3 is 15.5 Å². The molecule has 0 atom stereocenters. The highest BCUT2D eigenvalue weighted by Gasteiger charge is 2.32. The lowest BCUT2D eigenvalue weighted by atomic mass is 9.92. The van der Waals surface area contributed by atoms with E-state index >= 15 is 0 Å². The molecule has 4 heterocycles. The van der Waals surface area contributed by atoms with Gasteiger partial charge in [0.05, 0.1) is 0 Å². The molecule has 9 heteroatoms. The molecule has 0 bridgehead atoms. The van der Waals surface area contributed by atoms with Crippen LogP contribution in [0.3, 0.4) is 0 Å². The van der Waals surface area contributed by atoms with E-state index in [9.17, 15) is 4.79 Å². The number of halogens is 1. The Hall–Kier alpha value is -2.87. The maximum absolute atomic E-state index is 13.2. The van der Waals surface area contributed by atoms with E-state index in [-0.39, 0.29) is 24.2 Å². The molecule has 0 aliphatic carbocycles. The molecule has 0 spiro atoms. The predicted octanol–water partition coefficient (Wildman–Crippen LogP) is 2.32. The number of fused-ring (bicyclic) bond motifs is 2. The molecule has 29 heavy (non-hydrogen) atoms. The molecule has 5 rings (SSSR count). The van der Waals surface area contributed by atoms with Crippen molar-refractivity contribution in [3.05, 3.63) is 42.2 Å². The van der Waals surface area contributed by atoms with Gasteiger partial charge in [-0.3, -0.25) is 4.79 Å². The van der Waals surface area contributed by atoms with Crippen molar-refractivity contribution in [3.63, 3.8) is 0 Å². The van der Waals surface area contributed by atoms with E-state index in [0.717, 1.165) is 73.7 Å². The van der Waals surface area contributed by atoms with Crippen molar-refractivity contribution in [1.82, 2.24) is 19.8 Å². The second-order valence-electron chi connectivity index (χ2n) is 7.52. The van der Waals surface area contributed by atoms with Gasteiger partial charge in [0.1, 0.15) is 12.1 Å². The van der Waals surface area contributed by atoms with E-state index in [0.29, 0.717) is 0 Å². The highest BCUT2D eigenvalue weighted by atomic mass is 35.5. The topological polar surface area (TPSA) is 92.6 Å². The Morgan fingerprint density at radius 3 is 2.76 bits per heavy atom. The molecule has 1 fully saturated rings. The molecule has 3 aromatic rings. The van der Waals surface area contributed by atoms with E-state index in [1.807, 2.05) is 35.2 Å². The van der Waals surface area contributed by atoms with Crippen LogP contribution in [0.4, 0.5) is 17.2 Å². The third-order valence-electron chi connectivity index (χ3n) is 5.87. The second kappa shape index (κ2) is 7.87. The molecule has 0 saturated carbocycles. The van der Waals surface area contributed by atoms with E-state index in [1.165, 1.54) is 0 Å². The number of nitrogens with zero attached hydrogens (tertiary/aromatic N) is 6. The first-order chi connectivity index (χ1) is 13.7. The van der Waals surface area contributed by atoms with Gasteiger partial charge in [-0.2, -0.15) is 4.52 Å². The Labute approximate surface area is 175 Å². The largest absolute Gasteiger partial charge is 0.398 e. The third-order valence-corrected chi connectivity index (χ3v) is 5.87. The molecule has 1 saturated heterocycles. The molecule has 2 aliphatic rings. The van der Waals surface area contributed by atoms with Crippen molar-refractivity contribution >= 4 is 41.2 Å². The Morgan fingerprint density at radius 1 is 1.10 bits per heavy atom. The summed E-state index contributed by atoms with van der Waals surface area (Å²) in [5.41, 5.74) is 9.77. The summed E-state index contributed by atoms with van der Waals surface area (Å²) in [6.45, 7) is 2.41. The zero-order valence-corrected chi connectivity index (χ0v) is 16.9. The first kappa shape index (κ1) is 19.4. The number of piperidine rings is 1. The fourth-order valence-corrected chi connectivity index (χ4v) is 4.34. The van der Waals surface area contributed by atoms with Crippen molar-refractivity contribution < 1.29 is 4.79 Å². The number of anilines is 3. The molecule has 2 aliphatic heterocycles. The lowest BCUT2D eigenvalue weighted by Crippen LogP contribution is -2.44. The summed E-state index contributed by atoms with van der Waals surface area (Å²) < 4.78 is 1.68. The molecule has 0 radical (unpaired) electrons. The lowest BCUT2D eigenvalue weighted by molar-refractivity contribution is -0.123. The van der Waals surface area contributed by atoms with Gasteiger partial charge >= 0.3 is 0 Å². The number of carbonyl (C=O) groups excluding carboxylic acids is 1. The summed E-state index contributed by atoms with van der Waals surface area (Å²) in [5, 5.41) is 12.4. The van der Waals surface area contributed by atoms with Crippen molar-refractivity contribution in [2.45, 2.75) is 25.7 Å². The smallest absolute Gasteiger partial charge is 0.230 e. The van der Waals surface area contributed by atoms with Gasteiger partial charge in [0.25, 0.3) is 0 Å². The fourth-order valence-electron chi connectivity index (χ4n) is 4.34. The normalized spacial score (nSPS) is 17.1. The average molecular weight is 414 g/mol. The Kier molecular flexibility index (Phi) is 5.27. The summed E-state index contributed by atoms with van der Waals surface area (Å²) in [6, 6.07) is 9.77. The number of aromatic nitrogens is 4. The quantitative estimate of drug-likeness (QED) is 0.648. The standard InChI is InChI=1S/C20H23N7O.ClH/c21-16-4-1-5-17-15(16)3-2-10-26(17)20(28)14-8-11-25(12-9-14)19-7-6-18-23-22-13-27(18)24-19;/h1,4-7,13-14H,2-3,8-12,21H2;1H. The molecule has 152 valence electrons. The Bertz CT molecular complexity index is 1030. The Morgan fingerprint density at radius 2 is 1.93 bits per heavy atom. The van der Waals surface area contributed by atoms with Gasteiger partial charge in [0.2, 0.25) is 5.91 Å². The van der Waals surface area contributed by atoms with Crippen LogP contribution in [0.15, 0.2) is 36.7 Å². The zero-order chi connectivity index (χ0) is 19.1. The van der Waals surface area contributed by atoms with Crippen molar-refractivity contribution in [2.75, 3.05) is 35.2 Å². The summed E-state index contributed by atoms with van der Waals surface area (Å²) >= 11 is 0. The van der Waals surface area contributed by atoms with Crippen LogP contribution in [0.5, 0.6) is 0 Å². The van der Waals surface area contributed by atoms with Crippen LogP contribution in [0.2, 0.25) is 0 Å². The molecule has 2 N–H and O–H groups in total. The maximum atomic E-state index is 13.2. The number of rotatable bonds is 2. The summed E-state index contributed by atoms with van der Waals surface area (Å²) in [4.78, 5) is 17.4. The van der Waals surface area contributed by atoms with E-state index in [4.69, 9.17) is 5.73 Å². The molecule has 2 aromatic heterocycles. The van der Waals surface area contributed by atoms with Crippen LogP contribution >= 0.6 is 12.4 Å². The van der Waals surface area contributed by atoms with Crippen molar-refractivity contribution in [3.8, 4) is 0 Å². The second-order valence-corrected chi connectivity index (χ2v) is 7.52. The first-order valence-electron chi connectivity index (χ1n) is 9.81. The first-order valence-corrected chi connectivity index (χ1v) is 9.81. The molecule has 0 unspecified atom stereocenters. The molecule has 8 nitrogen and oxygen atoms in total. The average Bonchev–Trinajstić information content (AvgIpc) is 3.21. The predicted molar refractivity (Wildman–Crippen MR) is 114 cm³/mol. The number of carbonyl (C=O) groups is 1. The van der Waals surface area contributed by atoms with Crippen LogP contribution < -0.4 is 15.5 Å².